The Bertz CT molecular complexity index is 811. The Balaban J connectivity index is 4.32. The van der Waals surface area contributed by atoms with E-state index >= 15 is 0 Å². The lowest BCUT2D eigenvalue weighted by atomic mass is 9.99. The summed E-state index contributed by atoms with van der Waals surface area (Å²) in [6.07, 6.45) is 38.0. The highest BCUT2D eigenvalue weighted by Gasteiger charge is 2.19. The van der Waals surface area contributed by atoms with Gasteiger partial charge in [-0.05, 0) is 31.1 Å². The number of unbranched alkanes of at least 4 members (excludes halogenated alkanes) is 25. The van der Waals surface area contributed by atoms with E-state index in [1.54, 1.807) is 0 Å². The second kappa shape index (κ2) is 40.1. The molecule has 6 heteroatoms. The summed E-state index contributed by atoms with van der Waals surface area (Å²) in [4.78, 5) is 37.7. The normalized spacial score (nSPS) is 12.6. The van der Waals surface area contributed by atoms with Crippen LogP contribution in [-0.4, -0.2) is 37.2 Å². The third kappa shape index (κ3) is 39.9. The lowest BCUT2D eigenvalue weighted by Gasteiger charge is -2.18. The van der Waals surface area contributed by atoms with Crippen LogP contribution in [0.3, 0.4) is 0 Å². The molecule has 0 aliphatic carbocycles. The Hall–Kier alpha value is -1.59. The van der Waals surface area contributed by atoms with Crippen molar-refractivity contribution >= 4 is 17.9 Å². The summed E-state index contributed by atoms with van der Waals surface area (Å²) in [5.74, 6) is 0.792. The van der Waals surface area contributed by atoms with Crippen LogP contribution >= 0.6 is 0 Å². The summed E-state index contributed by atoms with van der Waals surface area (Å²) in [5, 5.41) is 0. The van der Waals surface area contributed by atoms with Gasteiger partial charge in [0, 0.05) is 19.3 Å². The van der Waals surface area contributed by atoms with Gasteiger partial charge in [0.05, 0.1) is 0 Å². The Labute approximate surface area is 329 Å². The zero-order chi connectivity index (χ0) is 39.0. The minimum atomic E-state index is -0.760. The molecule has 0 rings (SSSR count). The third-order valence-electron chi connectivity index (χ3n) is 10.8. The fraction of sp³-hybridized carbons (Fsp3) is 0.936. The van der Waals surface area contributed by atoms with E-state index in [9.17, 15) is 14.4 Å². The molecule has 53 heavy (non-hydrogen) atoms. The summed E-state index contributed by atoms with van der Waals surface area (Å²) < 4.78 is 16.7. The average Bonchev–Trinajstić information content (AvgIpc) is 3.14. The van der Waals surface area contributed by atoms with Gasteiger partial charge >= 0.3 is 17.9 Å². The van der Waals surface area contributed by atoms with E-state index in [4.69, 9.17) is 14.2 Å². The fourth-order valence-corrected chi connectivity index (χ4v) is 6.90. The first-order chi connectivity index (χ1) is 25.8. The molecule has 0 radical (unpaired) electrons. The van der Waals surface area contributed by atoms with Gasteiger partial charge in [0.25, 0.3) is 0 Å². The minimum Gasteiger partial charge on any atom is -0.462 e. The van der Waals surface area contributed by atoms with Crippen molar-refractivity contribution in [1.82, 2.24) is 0 Å². The Morgan fingerprint density at radius 1 is 0.396 bits per heavy atom. The SMILES string of the molecule is CCCCCCCCCCCCCC(=O)O[C@@H](COC(=O)CCCCCCCCCCCCC(C)CC)COC(=O)CCCCCCCCCC(C)C. The number of rotatable bonds is 41. The maximum atomic E-state index is 12.7. The monoisotopic (exact) mass is 751 g/mol. The van der Waals surface area contributed by atoms with Crippen molar-refractivity contribution in [1.29, 1.82) is 0 Å². The van der Waals surface area contributed by atoms with Gasteiger partial charge in [-0.3, -0.25) is 14.4 Å². The Morgan fingerprint density at radius 2 is 0.717 bits per heavy atom. The molecule has 0 amide bonds. The number of hydrogen-bond acceptors (Lipinski definition) is 6. The largest absolute Gasteiger partial charge is 0.462 e. The number of carbonyl (C=O) groups excluding carboxylic acids is 3. The lowest BCUT2D eigenvalue weighted by molar-refractivity contribution is -0.167. The van der Waals surface area contributed by atoms with Crippen LogP contribution < -0.4 is 0 Å². The van der Waals surface area contributed by atoms with Gasteiger partial charge in [0.1, 0.15) is 13.2 Å². The van der Waals surface area contributed by atoms with Gasteiger partial charge in [-0.25, -0.2) is 0 Å². The van der Waals surface area contributed by atoms with Crippen LogP contribution in [0.15, 0.2) is 0 Å². The topological polar surface area (TPSA) is 78.9 Å². The molecule has 0 spiro atoms. The zero-order valence-corrected chi connectivity index (χ0v) is 36.1. The molecule has 0 aromatic heterocycles. The lowest BCUT2D eigenvalue weighted by Crippen LogP contribution is -2.30. The molecule has 6 nitrogen and oxygen atoms in total. The molecule has 314 valence electrons. The van der Waals surface area contributed by atoms with Crippen LogP contribution in [-0.2, 0) is 28.6 Å². The number of esters is 3. The molecule has 0 aromatic carbocycles. The molecule has 0 heterocycles. The highest BCUT2D eigenvalue weighted by Crippen LogP contribution is 2.17. The van der Waals surface area contributed by atoms with Crippen molar-refractivity contribution in [3.8, 4) is 0 Å². The fourth-order valence-electron chi connectivity index (χ4n) is 6.90. The molecular formula is C47H90O6. The van der Waals surface area contributed by atoms with Gasteiger partial charge in [-0.1, -0.05) is 214 Å². The van der Waals surface area contributed by atoms with Crippen molar-refractivity contribution < 1.29 is 28.6 Å². The molecule has 0 fully saturated rings. The smallest absolute Gasteiger partial charge is 0.306 e. The first-order valence-corrected chi connectivity index (χ1v) is 23.3. The van der Waals surface area contributed by atoms with Crippen LogP contribution in [0, 0.1) is 11.8 Å². The van der Waals surface area contributed by atoms with Gasteiger partial charge in [0.2, 0.25) is 0 Å². The van der Waals surface area contributed by atoms with E-state index in [1.807, 2.05) is 0 Å². The van der Waals surface area contributed by atoms with Crippen LogP contribution in [0.25, 0.3) is 0 Å². The molecule has 0 saturated carbocycles. The molecule has 0 aliphatic rings. The minimum absolute atomic E-state index is 0.0652. The average molecular weight is 751 g/mol. The van der Waals surface area contributed by atoms with Crippen LogP contribution in [0.5, 0.6) is 0 Å². The molecule has 0 bridgehead atoms. The van der Waals surface area contributed by atoms with E-state index in [1.165, 1.54) is 141 Å². The maximum Gasteiger partial charge on any atom is 0.306 e. The van der Waals surface area contributed by atoms with E-state index in [0.29, 0.717) is 19.3 Å². The molecule has 0 aromatic rings. The number of carbonyl (C=O) groups is 3. The summed E-state index contributed by atoms with van der Waals surface area (Å²) in [6, 6.07) is 0. The quantitative estimate of drug-likeness (QED) is 0.0352. The van der Waals surface area contributed by atoms with E-state index < -0.39 is 6.10 Å². The highest BCUT2D eigenvalue weighted by molar-refractivity contribution is 5.71. The predicted molar refractivity (Wildman–Crippen MR) is 224 cm³/mol. The second-order valence-electron chi connectivity index (χ2n) is 16.8. The first-order valence-electron chi connectivity index (χ1n) is 23.3. The van der Waals surface area contributed by atoms with Crippen molar-refractivity contribution in [2.75, 3.05) is 13.2 Å². The second-order valence-corrected chi connectivity index (χ2v) is 16.8. The van der Waals surface area contributed by atoms with Gasteiger partial charge in [-0.15, -0.1) is 0 Å². The first kappa shape index (κ1) is 51.4. The Kier molecular flexibility index (Phi) is 38.9. The van der Waals surface area contributed by atoms with E-state index in [2.05, 4.69) is 34.6 Å². The Morgan fingerprint density at radius 3 is 1.08 bits per heavy atom. The van der Waals surface area contributed by atoms with Gasteiger partial charge in [-0.2, -0.15) is 0 Å². The van der Waals surface area contributed by atoms with E-state index in [-0.39, 0.29) is 31.1 Å². The third-order valence-corrected chi connectivity index (χ3v) is 10.8. The molecule has 0 aliphatic heterocycles. The standard InChI is InChI=1S/C47H90O6/c1-6-8-9-10-11-12-13-18-23-29-34-39-47(50)53-44(41-52-46(49)38-33-28-24-19-20-25-30-35-42(3)4)40-51-45(48)37-32-27-22-17-15-14-16-21-26-31-36-43(5)7-2/h42-44H,6-41H2,1-5H3/t43?,44-/m0/s1. The van der Waals surface area contributed by atoms with Crippen molar-refractivity contribution in [3.63, 3.8) is 0 Å². The highest BCUT2D eigenvalue weighted by atomic mass is 16.6. The van der Waals surface area contributed by atoms with Crippen LogP contribution in [0.4, 0.5) is 0 Å². The molecule has 1 unspecified atom stereocenters. The van der Waals surface area contributed by atoms with Crippen LogP contribution in [0.2, 0.25) is 0 Å². The molecule has 0 N–H and O–H groups in total. The van der Waals surface area contributed by atoms with E-state index in [0.717, 1.165) is 69.6 Å². The molecule has 2 atom stereocenters. The van der Waals surface area contributed by atoms with Crippen molar-refractivity contribution in [3.05, 3.63) is 0 Å². The summed E-state index contributed by atoms with van der Waals surface area (Å²) in [6.45, 7) is 11.3. The molecular weight excluding hydrogens is 661 g/mol. The summed E-state index contributed by atoms with van der Waals surface area (Å²) in [5.41, 5.74) is 0. The maximum absolute atomic E-state index is 12.7. The predicted octanol–water partition coefficient (Wildman–Crippen LogP) is 14.6. The number of ether oxygens (including phenoxy) is 3. The zero-order valence-electron chi connectivity index (χ0n) is 36.1. The summed E-state index contributed by atoms with van der Waals surface area (Å²) >= 11 is 0. The van der Waals surface area contributed by atoms with Gasteiger partial charge in [0.15, 0.2) is 6.10 Å². The van der Waals surface area contributed by atoms with Crippen molar-refractivity contribution in [2.24, 2.45) is 11.8 Å². The number of hydrogen-bond donors (Lipinski definition) is 0. The summed E-state index contributed by atoms with van der Waals surface area (Å²) in [7, 11) is 0. The molecule has 0 saturated heterocycles. The van der Waals surface area contributed by atoms with Gasteiger partial charge < -0.3 is 14.2 Å². The van der Waals surface area contributed by atoms with Crippen LogP contribution in [0.1, 0.15) is 253 Å². The van der Waals surface area contributed by atoms with Crippen molar-refractivity contribution in [2.45, 2.75) is 259 Å².